The maximum Gasteiger partial charge on any atom is 0.221 e. The second kappa shape index (κ2) is 7.44. The highest BCUT2D eigenvalue weighted by atomic mass is 19.2. The third-order valence-electron chi connectivity index (χ3n) is 4.08. The van der Waals surface area contributed by atoms with Crippen LogP contribution in [0.15, 0.2) is 54.7 Å². The number of rotatable bonds is 6. The van der Waals surface area contributed by atoms with Crippen LogP contribution in [-0.4, -0.2) is 22.1 Å². The number of carbonyl (C=O) groups excluding carboxylic acids is 1. The van der Waals surface area contributed by atoms with Crippen molar-refractivity contribution < 1.29 is 18.7 Å². The SMILES string of the molecule is O=C(CCn1ccc2ccccc21)NCC(O)c1ccc(F)c(F)c1. The van der Waals surface area contributed by atoms with Crippen molar-refractivity contribution in [3.63, 3.8) is 0 Å². The molecule has 6 heteroatoms. The van der Waals surface area contributed by atoms with Crippen molar-refractivity contribution in [2.75, 3.05) is 6.54 Å². The molecule has 1 aromatic heterocycles. The van der Waals surface area contributed by atoms with Gasteiger partial charge in [-0.05, 0) is 35.2 Å². The number of halogens is 2. The highest BCUT2D eigenvalue weighted by Gasteiger charge is 2.12. The Kier molecular flexibility index (Phi) is 5.09. The van der Waals surface area contributed by atoms with Crippen molar-refractivity contribution in [2.45, 2.75) is 19.1 Å². The predicted molar refractivity (Wildman–Crippen MR) is 90.9 cm³/mol. The molecule has 3 aromatic rings. The smallest absolute Gasteiger partial charge is 0.221 e. The Morgan fingerprint density at radius 2 is 1.92 bits per heavy atom. The summed E-state index contributed by atoms with van der Waals surface area (Å²) in [7, 11) is 0. The summed E-state index contributed by atoms with van der Waals surface area (Å²) >= 11 is 0. The fourth-order valence-corrected chi connectivity index (χ4v) is 2.69. The highest BCUT2D eigenvalue weighted by molar-refractivity contribution is 5.80. The largest absolute Gasteiger partial charge is 0.387 e. The van der Waals surface area contributed by atoms with Gasteiger partial charge in [-0.1, -0.05) is 24.3 Å². The molecule has 25 heavy (non-hydrogen) atoms. The Balaban J connectivity index is 1.51. The molecule has 0 aliphatic carbocycles. The van der Waals surface area contributed by atoms with E-state index >= 15 is 0 Å². The van der Waals surface area contributed by atoms with Crippen LogP contribution in [0, 0.1) is 11.6 Å². The minimum atomic E-state index is -1.09. The lowest BCUT2D eigenvalue weighted by Gasteiger charge is -2.13. The molecule has 0 aliphatic rings. The van der Waals surface area contributed by atoms with Crippen LogP contribution < -0.4 is 5.32 Å². The summed E-state index contributed by atoms with van der Waals surface area (Å²) in [6, 6.07) is 13.0. The molecule has 0 aliphatic heterocycles. The lowest BCUT2D eigenvalue weighted by Crippen LogP contribution is -2.29. The Labute approximate surface area is 143 Å². The Morgan fingerprint density at radius 3 is 2.72 bits per heavy atom. The number of aliphatic hydroxyl groups excluding tert-OH is 1. The van der Waals surface area contributed by atoms with Crippen LogP contribution in [0.4, 0.5) is 8.78 Å². The van der Waals surface area contributed by atoms with Crippen molar-refractivity contribution in [3.8, 4) is 0 Å². The maximum absolute atomic E-state index is 13.2. The first-order valence-electron chi connectivity index (χ1n) is 7.98. The molecule has 130 valence electrons. The number of aliphatic hydroxyl groups is 1. The first-order valence-corrected chi connectivity index (χ1v) is 7.98. The number of hydrogen-bond acceptors (Lipinski definition) is 2. The van der Waals surface area contributed by atoms with Gasteiger partial charge in [-0.15, -0.1) is 0 Å². The van der Waals surface area contributed by atoms with Crippen molar-refractivity contribution in [1.82, 2.24) is 9.88 Å². The first-order chi connectivity index (χ1) is 12.0. The monoisotopic (exact) mass is 344 g/mol. The van der Waals surface area contributed by atoms with E-state index in [9.17, 15) is 18.7 Å². The zero-order valence-electron chi connectivity index (χ0n) is 13.5. The van der Waals surface area contributed by atoms with Crippen molar-refractivity contribution in [2.24, 2.45) is 0 Å². The Morgan fingerprint density at radius 1 is 1.12 bits per heavy atom. The van der Waals surface area contributed by atoms with Gasteiger partial charge in [0.1, 0.15) is 0 Å². The molecule has 1 unspecified atom stereocenters. The average Bonchev–Trinajstić information content (AvgIpc) is 3.03. The van der Waals surface area contributed by atoms with Gasteiger partial charge in [-0.2, -0.15) is 0 Å². The molecule has 1 atom stereocenters. The number of aryl methyl sites for hydroxylation is 1. The fourth-order valence-electron chi connectivity index (χ4n) is 2.69. The van der Waals surface area contributed by atoms with Gasteiger partial charge >= 0.3 is 0 Å². The topological polar surface area (TPSA) is 54.3 Å². The quantitative estimate of drug-likeness (QED) is 0.722. The van der Waals surface area contributed by atoms with Gasteiger partial charge in [-0.25, -0.2) is 8.78 Å². The highest BCUT2D eigenvalue weighted by Crippen LogP contribution is 2.16. The zero-order valence-corrected chi connectivity index (χ0v) is 13.5. The van der Waals surface area contributed by atoms with Crippen LogP contribution in [0.1, 0.15) is 18.1 Å². The number of nitrogens with one attached hydrogen (secondary N) is 1. The van der Waals surface area contributed by atoms with Gasteiger partial charge in [-0.3, -0.25) is 4.79 Å². The molecule has 0 spiro atoms. The van der Waals surface area contributed by atoms with Gasteiger partial charge < -0.3 is 15.0 Å². The van der Waals surface area contributed by atoms with E-state index < -0.39 is 17.7 Å². The predicted octanol–water partition coefficient (Wildman–Crippen LogP) is 3.16. The zero-order chi connectivity index (χ0) is 17.8. The number of amides is 1. The molecule has 2 N–H and O–H groups in total. The third-order valence-corrected chi connectivity index (χ3v) is 4.08. The summed E-state index contributed by atoms with van der Waals surface area (Å²) in [5.41, 5.74) is 1.27. The third kappa shape index (κ3) is 4.03. The minimum Gasteiger partial charge on any atom is -0.387 e. The van der Waals surface area contributed by atoms with Crippen LogP contribution in [0.25, 0.3) is 10.9 Å². The molecule has 0 saturated heterocycles. The van der Waals surface area contributed by atoms with Crippen molar-refractivity contribution >= 4 is 16.8 Å². The maximum atomic E-state index is 13.2. The number of aromatic nitrogens is 1. The molecular formula is C19H18F2N2O2. The number of hydrogen-bond donors (Lipinski definition) is 2. The van der Waals surface area contributed by atoms with E-state index in [1.165, 1.54) is 6.07 Å². The van der Waals surface area contributed by atoms with E-state index in [0.717, 1.165) is 23.0 Å². The standard InChI is InChI=1S/C19H18F2N2O2/c20-15-6-5-14(11-16(15)21)18(24)12-22-19(25)8-10-23-9-7-13-3-1-2-4-17(13)23/h1-7,9,11,18,24H,8,10,12H2,(H,22,25). The van der Waals surface area contributed by atoms with E-state index in [-0.39, 0.29) is 24.4 Å². The summed E-state index contributed by atoms with van der Waals surface area (Å²) in [5.74, 6) is -2.22. The molecule has 4 nitrogen and oxygen atoms in total. The normalized spacial score (nSPS) is 12.3. The lowest BCUT2D eigenvalue weighted by atomic mass is 10.1. The number of para-hydroxylation sites is 1. The Hall–Kier alpha value is -2.73. The van der Waals surface area contributed by atoms with Crippen LogP contribution >= 0.6 is 0 Å². The minimum absolute atomic E-state index is 0.0592. The molecule has 0 fully saturated rings. The van der Waals surface area contributed by atoms with Crippen LogP contribution in [0.2, 0.25) is 0 Å². The van der Waals surface area contributed by atoms with E-state index in [1.807, 2.05) is 41.1 Å². The molecule has 1 amide bonds. The molecule has 0 radical (unpaired) electrons. The number of fused-ring (bicyclic) bond motifs is 1. The molecule has 0 saturated carbocycles. The average molecular weight is 344 g/mol. The summed E-state index contributed by atoms with van der Waals surface area (Å²) in [5, 5.41) is 13.7. The second-order valence-electron chi connectivity index (χ2n) is 5.81. The van der Waals surface area contributed by atoms with Gasteiger partial charge in [0.15, 0.2) is 11.6 Å². The molecule has 2 aromatic carbocycles. The number of nitrogens with zero attached hydrogens (tertiary/aromatic N) is 1. The molecule has 0 bridgehead atoms. The van der Waals surface area contributed by atoms with Gasteiger partial charge in [0.2, 0.25) is 5.91 Å². The van der Waals surface area contributed by atoms with E-state index in [1.54, 1.807) is 0 Å². The number of benzene rings is 2. The lowest BCUT2D eigenvalue weighted by molar-refractivity contribution is -0.121. The van der Waals surface area contributed by atoms with Crippen LogP contribution in [0.5, 0.6) is 0 Å². The first kappa shape index (κ1) is 17.1. The fraction of sp³-hybridized carbons (Fsp3) is 0.211. The molecule has 1 heterocycles. The van der Waals surface area contributed by atoms with Crippen LogP contribution in [-0.2, 0) is 11.3 Å². The Bertz CT molecular complexity index is 892. The summed E-state index contributed by atoms with van der Waals surface area (Å²) in [6.07, 6.45) is 1.09. The van der Waals surface area contributed by atoms with Gasteiger partial charge in [0.05, 0.1) is 6.10 Å². The van der Waals surface area contributed by atoms with Gasteiger partial charge in [0.25, 0.3) is 0 Å². The van der Waals surface area contributed by atoms with E-state index in [2.05, 4.69) is 5.32 Å². The second-order valence-corrected chi connectivity index (χ2v) is 5.81. The van der Waals surface area contributed by atoms with Gasteiger partial charge in [0, 0.05) is 31.2 Å². The number of carbonyl (C=O) groups is 1. The summed E-state index contributed by atoms with van der Waals surface area (Å²) in [4.78, 5) is 12.0. The molecule has 3 rings (SSSR count). The van der Waals surface area contributed by atoms with Crippen molar-refractivity contribution in [1.29, 1.82) is 0 Å². The molecular weight excluding hydrogens is 326 g/mol. The van der Waals surface area contributed by atoms with E-state index in [0.29, 0.717) is 6.54 Å². The summed E-state index contributed by atoms with van der Waals surface area (Å²) < 4.78 is 28.0. The summed E-state index contributed by atoms with van der Waals surface area (Å²) in [6.45, 7) is 0.455. The van der Waals surface area contributed by atoms with Crippen LogP contribution in [0.3, 0.4) is 0 Å². The van der Waals surface area contributed by atoms with E-state index in [4.69, 9.17) is 0 Å². The van der Waals surface area contributed by atoms with Crippen molar-refractivity contribution in [3.05, 3.63) is 71.9 Å².